The summed E-state index contributed by atoms with van der Waals surface area (Å²) in [6.07, 6.45) is -2.09. The molecule has 2 aromatic heterocycles. The lowest BCUT2D eigenvalue weighted by Crippen LogP contribution is -2.21. The van der Waals surface area contributed by atoms with E-state index >= 15 is 0 Å². The van der Waals surface area contributed by atoms with E-state index in [1.54, 1.807) is 26.1 Å². The van der Waals surface area contributed by atoms with Crippen LogP contribution < -0.4 is 4.72 Å². The van der Waals surface area contributed by atoms with Crippen molar-refractivity contribution in [3.8, 4) is 11.8 Å². The second kappa shape index (κ2) is 10.9. The Morgan fingerprint density at radius 3 is 2.26 bits per heavy atom. The molecule has 198 valence electrons. The van der Waals surface area contributed by atoms with Crippen LogP contribution >= 0.6 is 0 Å². The van der Waals surface area contributed by atoms with E-state index in [2.05, 4.69) is 31.7 Å². The number of fused-ring (bicyclic) bond motifs is 1. The highest BCUT2D eigenvalue weighted by Crippen LogP contribution is 2.24. The molecule has 0 amide bonds. The fraction of sp³-hybridized carbons (Fsp3) is 0.125. The molecule has 38 heavy (non-hydrogen) atoms. The van der Waals surface area contributed by atoms with E-state index in [9.17, 15) is 30.4 Å². The molecule has 14 heteroatoms. The number of aromatic nitrogens is 3. The fourth-order valence-electron chi connectivity index (χ4n) is 3.08. The van der Waals surface area contributed by atoms with Crippen molar-refractivity contribution in [3.05, 3.63) is 82.7 Å². The van der Waals surface area contributed by atoms with Crippen molar-refractivity contribution < 1.29 is 40.3 Å². The number of hydrogen-bond acceptors (Lipinski definition) is 5. The number of carbonyl (C=O) groups is 1. The molecular formula is C24H17F5N4O4S. The van der Waals surface area contributed by atoms with Crippen LogP contribution in [-0.2, 0) is 14.8 Å². The lowest BCUT2D eigenvalue weighted by atomic mass is 10.1. The van der Waals surface area contributed by atoms with Crippen LogP contribution in [0.3, 0.4) is 0 Å². The Morgan fingerprint density at radius 1 is 1.03 bits per heavy atom. The third-order valence-electron chi connectivity index (χ3n) is 4.71. The average molecular weight is 552 g/mol. The van der Waals surface area contributed by atoms with Crippen molar-refractivity contribution in [2.75, 3.05) is 4.72 Å². The van der Waals surface area contributed by atoms with Crippen molar-refractivity contribution in [2.45, 2.75) is 24.9 Å². The molecule has 0 aliphatic heterocycles. The molecule has 0 atom stereocenters. The van der Waals surface area contributed by atoms with Gasteiger partial charge in [0.1, 0.15) is 5.82 Å². The molecule has 0 radical (unpaired) electrons. The first-order valence-electron chi connectivity index (χ1n) is 10.4. The number of rotatable bonds is 3. The monoisotopic (exact) mass is 552 g/mol. The zero-order valence-corrected chi connectivity index (χ0v) is 20.3. The van der Waals surface area contributed by atoms with Crippen molar-refractivity contribution in [3.63, 3.8) is 0 Å². The van der Waals surface area contributed by atoms with E-state index < -0.39 is 45.1 Å². The molecular weight excluding hydrogens is 535 g/mol. The standard InChI is InChI=1S/C22H16F2N4O2S.C2HF3O2/c1-13-7-14(2)9-17(8-13)31(29,30)28-20-6-5-19(23)18(21(20)24)4-3-15-10-16-12-26-27-22(16)25-11-15;3-2(4,5)1(6)7/h5-12,28H,1-2H3,(H,25,26,27);(H,6,7). The number of carboxylic acids is 1. The van der Waals surface area contributed by atoms with Crippen molar-refractivity contribution in [2.24, 2.45) is 0 Å². The highest BCUT2D eigenvalue weighted by molar-refractivity contribution is 7.92. The normalized spacial score (nSPS) is 11.2. The third-order valence-corrected chi connectivity index (χ3v) is 6.05. The average Bonchev–Trinajstić information content (AvgIpc) is 3.28. The number of anilines is 1. The largest absolute Gasteiger partial charge is 0.490 e. The summed E-state index contributed by atoms with van der Waals surface area (Å²) in [6, 6.07) is 8.41. The zero-order valence-electron chi connectivity index (χ0n) is 19.5. The van der Waals surface area contributed by atoms with E-state index in [1.165, 1.54) is 18.3 Å². The minimum Gasteiger partial charge on any atom is -0.475 e. The van der Waals surface area contributed by atoms with E-state index in [1.807, 2.05) is 6.07 Å². The number of halogens is 5. The Balaban J connectivity index is 0.000000505. The number of H-pyrrole nitrogens is 1. The molecule has 0 saturated carbocycles. The first-order chi connectivity index (χ1) is 17.7. The molecule has 8 nitrogen and oxygen atoms in total. The maximum atomic E-state index is 14.9. The minimum absolute atomic E-state index is 0.0131. The number of alkyl halides is 3. The summed E-state index contributed by atoms with van der Waals surface area (Å²) in [4.78, 5) is 13.0. The SMILES string of the molecule is Cc1cc(C)cc(S(=O)(=O)Nc2ccc(F)c(C#Cc3cnc4[nH]ncc4c3)c2F)c1.O=C(O)C(F)(F)F. The number of pyridine rings is 1. The van der Waals surface area contributed by atoms with Crippen LogP contribution in [0.4, 0.5) is 27.6 Å². The molecule has 4 aromatic rings. The number of sulfonamides is 1. The van der Waals surface area contributed by atoms with Crippen LogP contribution in [0.1, 0.15) is 22.3 Å². The molecule has 4 rings (SSSR count). The van der Waals surface area contributed by atoms with Gasteiger partial charge >= 0.3 is 12.1 Å². The van der Waals surface area contributed by atoms with Crippen LogP contribution in [0.25, 0.3) is 11.0 Å². The van der Waals surface area contributed by atoms with Crippen LogP contribution in [0.2, 0.25) is 0 Å². The Bertz CT molecular complexity index is 1670. The van der Waals surface area contributed by atoms with E-state index in [0.717, 1.165) is 23.3 Å². The van der Waals surface area contributed by atoms with Crippen molar-refractivity contribution >= 4 is 32.7 Å². The zero-order chi connectivity index (χ0) is 28.3. The molecule has 0 unspecified atom stereocenters. The molecule has 3 N–H and O–H groups in total. The van der Waals surface area contributed by atoms with Crippen LogP contribution in [0, 0.1) is 37.3 Å². The fourth-order valence-corrected chi connectivity index (χ4v) is 4.32. The molecule has 2 aromatic carbocycles. The minimum atomic E-state index is -5.08. The van der Waals surface area contributed by atoms with Gasteiger partial charge in [-0.2, -0.15) is 18.3 Å². The van der Waals surface area contributed by atoms with Gasteiger partial charge in [0, 0.05) is 17.1 Å². The maximum absolute atomic E-state index is 14.9. The van der Waals surface area contributed by atoms with Crippen molar-refractivity contribution in [1.29, 1.82) is 0 Å². The van der Waals surface area contributed by atoms with Crippen LogP contribution in [-0.4, -0.2) is 40.9 Å². The summed E-state index contributed by atoms with van der Waals surface area (Å²) < 4.78 is 88.5. The summed E-state index contributed by atoms with van der Waals surface area (Å²) in [5, 5.41) is 14.4. The van der Waals surface area contributed by atoms with Gasteiger partial charge in [-0.15, -0.1) is 0 Å². The third kappa shape index (κ3) is 6.83. The number of aliphatic carboxylic acids is 1. The highest BCUT2D eigenvalue weighted by atomic mass is 32.2. The lowest BCUT2D eigenvalue weighted by Gasteiger charge is -2.11. The second-order valence-electron chi connectivity index (χ2n) is 7.80. The number of hydrogen-bond donors (Lipinski definition) is 3. The van der Waals surface area contributed by atoms with Gasteiger partial charge in [-0.1, -0.05) is 17.9 Å². The van der Waals surface area contributed by atoms with Gasteiger partial charge in [0.15, 0.2) is 11.5 Å². The maximum Gasteiger partial charge on any atom is 0.490 e. The smallest absolute Gasteiger partial charge is 0.475 e. The Kier molecular flexibility index (Phi) is 8.01. The summed E-state index contributed by atoms with van der Waals surface area (Å²) in [6.45, 7) is 3.52. The summed E-state index contributed by atoms with van der Waals surface area (Å²) in [7, 11) is -4.08. The van der Waals surface area contributed by atoms with Gasteiger partial charge in [0.2, 0.25) is 0 Å². The predicted molar refractivity (Wildman–Crippen MR) is 127 cm³/mol. The van der Waals surface area contributed by atoms with Gasteiger partial charge < -0.3 is 5.11 Å². The number of carboxylic acid groups (broad SMARTS) is 1. The summed E-state index contributed by atoms with van der Waals surface area (Å²) >= 11 is 0. The summed E-state index contributed by atoms with van der Waals surface area (Å²) in [5.74, 6) is 0.321. The van der Waals surface area contributed by atoms with Gasteiger partial charge in [0.25, 0.3) is 10.0 Å². The first kappa shape index (κ1) is 28.1. The number of nitrogens with zero attached hydrogens (tertiary/aromatic N) is 2. The molecule has 0 bridgehead atoms. The molecule has 0 saturated heterocycles. The van der Waals surface area contributed by atoms with E-state index in [0.29, 0.717) is 16.6 Å². The van der Waals surface area contributed by atoms with Gasteiger partial charge in [0.05, 0.1) is 22.3 Å². The molecule has 2 heterocycles. The number of nitrogens with one attached hydrogen (secondary N) is 2. The van der Waals surface area contributed by atoms with Gasteiger partial charge in [-0.05, 0) is 55.3 Å². The Hall–Kier alpha value is -4.51. The van der Waals surface area contributed by atoms with Crippen LogP contribution in [0.5, 0.6) is 0 Å². The molecule has 0 spiro atoms. The lowest BCUT2D eigenvalue weighted by molar-refractivity contribution is -0.192. The molecule has 0 fully saturated rings. The Morgan fingerprint density at radius 2 is 1.66 bits per heavy atom. The van der Waals surface area contributed by atoms with E-state index in [4.69, 9.17) is 9.90 Å². The van der Waals surface area contributed by atoms with E-state index in [-0.39, 0.29) is 4.90 Å². The predicted octanol–water partition coefficient (Wildman–Crippen LogP) is 4.69. The topological polar surface area (TPSA) is 125 Å². The highest BCUT2D eigenvalue weighted by Gasteiger charge is 2.38. The number of aryl methyl sites for hydroxylation is 2. The van der Waals surface area contributed by atoms with Gasteiger partial charge in [-0.3, -0.25) is 9.82 Å². The summed E-state index contributed by atoms with van der Waals surface area (Å²) in [5.41, 5.74) is 1.53. The Labute approximate surface area is 212 Å². The van der Waals surface area contributed by atoms with Gasteiger partial charge in [-0.25, -0.2) is 27.0 Å². The number of benzene rings is 2. The second-order valence-corrected chi connectivity index (χ2v) is 9.48. The first-order valence-corrected chi connectivity index (χ1v) is 11.9. The molecule has 0 aliphatic carbocycles. The quantitative estimate of drug-likeness (QED) is 0.250. The van der Waals surface area contributed by atoms with Crippen LogP contribution in [0.15, 0.2) is 53.7 Å². The number of aromatic amines is 1. The molecule has 0 aliphatic rings. The van der Waals surface area contributed by atoms with Crippen molar-refractivity contribution in [1.82, 2.24) is 15.2 Å².